The number of unbranched alkanes of at least 4 members (excludes halogenated alkanes) is 3. The van der Waals surface area contributed by atoms with Crippen LogP contribution in [0.2, 0.25) is 0 Å². The Morgan fingerprint density at radius 1 is 1.38 bits per heavy atom. The van der Waals surface area contributed by atoms with Crippen molar-refractivity contribution in [1.29, 1.82) is 0 Å². The highest BCUT2D eigenvalue weighted by Crippen LogP contribution is 2.03. The van der Waals surface area contributed by atoms with Crippen LogP contribution in [0.15, 0.2) is 0 Å². The molecule has 0 heterocycles. The molecule has 0 aromatic carbocycles. The van der Waals surface area contributed by atoms with Crippen LogP contribution in [0.25, 0.3) is 0 Å². The minimum absolute atomic E-state index is 0.0566. The van der Waals surface area contributed by atoms with Crippen LogP contribution < -0.4 is 5.32 Å². The third-order valence-electron chi connectivity index (χ3n) is 2.45. The lowest BCUT2D eigenvalue weighted by Crippen LogP contribution is -2.38. The summed E-state index contributed by atoms with van der Waals surface area (Å²) >= 11 is 5.65. The molecule has 0 radical (unpaired) electrons. The van der Waals surface area contributed by atoms with Gasteiger partial charge in [-0.25, -0.2) is 0 Å². The molecule has 0 aliphatic rings. The highest BCUT2D eigenvalue weighted by Gasteiger charge is 2.10. The summed E-state index contributed by atoms with van der Waals surface area (Å²) < 4.78 is 5.03. The normalized spacial score (nSPS) is 12.4. The van der Waals surface area contributed by atoms with Gasteiger partial charge in [0.05, 0.1) is 12.6 Å². The molecule has 1 atom stereocenters. The van der Waals surface area contributed by atoms with E-state index in [0.29, 0.717) is 18.9 Å². The van der Waals surface area contributed by atoms with Crippen LogP contribution in [0, 0.1) is 0 Å². The van der Waals surface area contributed by atoms with Crippen LogP contribution in [0.3, 0.4) is 0 Å². The van der Waals surface area contributed by atoms with Crippen LogP contribution in [-0.2, 0) is 9.53 Å². The van der Waals surface area contributed by atoms with E-state index in [1.54, 1.807) is 7.11 Å². The highest BCUT2D eigenvalue weighted by atomic mass is 35.5. The first-order chi connectivity index (χ1) is 7.74. The molecule has 0 saturated carbocycles. The number of halogens is 1. The van der Waals surface area contributed by atoms with Crippen molar-refractivity contribution in [2.24, 2.45) is 0 Å². The van der Waals surface area contributed by atoms with E-state index in [-0.39, 0.29) is 11.9 Å². The van der Waals surface area contributed by atoms with E-state index in [1.807, 2.05) is 0 Å². The van der Waals surface area contributed by atoms with E-state index in [0.717, 1.165) is 19.3 Å². The molecule has 0 aliphatic heterocycles. The first-order valence-electron chi connectivity index (χ1n) is 6.08. The van der Waals surface area contributed by atoms with E-state index in [2.05, 4.69) is 12.2 Å². The number of ether oxygens (including phenoxy) is 1. The number of methoxy groups -OCH3 is 1. The summed E-state index contributed by atoms with van der Waals surface area (Å²) in [6, 6.07) is 0.0566. The third kappa shape index (κ3) is 8.98. The zero-order valence-electron chi connectivity index (χ0n) is 10.4. The molecular formula is C12H24ClNO2. The molecular weight excluding hydrogens is 226 g/mol. The number of amides is 1. The van der Waals surface area contributed by atoms with Crippen molar-refractivity contribution in [3.8, 4) is 0 Å². The lowest BCUT2D eigenvalue weighted by molar-refractivity contribution is -0.122. The second-order valence-electron chi connectivity index (χ2n) is 4.01. The molecule has 1 amide bonds. The van der Waals surface area contributed by atoms with Crippen molar-refractivity contribution in [2.75, 3.05) is 19.6 Å². The summed E-state index contributed by atoms with van der Waals surface area (Å²) in [6.07, 6.45) is 5.88. The Labute approximate surface area is 104 Å². The molecule has 16 heavy (non-hydrogen) atoms. The topological polar surface area (TPSA) is 38.3 Å². The van der Waals surface area contributed by atoms with Gasteiger partial charge in [0, 0.05) is 19.4 Å². The number of carbonyl (C=O) groups is 1. The minimum atomic E-state index is 0.0566. The predicted octanol–water partition coefficient (Wildman–Crippen LogP) is 2.72. The summed E-state index contributed by atoms with van der Waals surface area (Å²) in [5.41, 5.74) is 0. The van der Waals surface area contributed by atoms with Crippen molar-refractivity contribution in [1.82, 2.24) is 5.32 Å². The summed E-state index contributed by atoms with van der Waals surface area (Å²) in [4.78, 5) is 11.6. The summed E-state index contributed by atoms with van der Waals surface area (Å²) in [5, 5.41) is 2.95. The second-order valence-corrected chi connectivity index (χ2v) is 4.39. The van der Waals surface area contributed by atoms with Gasteiger partial charge in [-0.1, -0.05) is 26.2 Å². The third-order valence-corrected chi connectivity index (χ3v) is 2.67. The van der Waals surface area contributed by atoms with E-state index >= 15 is 0 Å². The van der Waals surface area contributed by atoms with Gasteiger partial charge in [0.2, 0.25) is 5.91 Å². The molecule has 96 valence electrons. The highest BCUT2D eigenvalue weighted by molar-refractivity contribution is 6.17. The van der Waals surface area contributed by atoms with E-state index in [4.69, 9.17) is 16.3 Å². The lowest BCUT2D eigenvalue weighted by Gasteiger charge is -2.16. The number of rotatable bonds is 10. The SMILES string of the molecule is CCCCCCC(=O)NC(CCCl)COC. The van der Waals surface area contributed by atoms with Crippen molar-refractivity contribution in [3.05, 3.63) is 0 Å². The molecule has 0 saturated heterocycles. The fraction of sp³-hybridized carbons (Fsp3) is 0.917. The maximum absolute atomic E-state index is 11.6. The van der Waals surface area contributed by atoms with Gasteiger partial charge in [-0.2, -0.15) is 0 Å². The molecule has 0 aromatic rings. The van der Waals surface area contributed by atoms with Gasteiger partial charge in [-0.3, -0.25) is 4.79 Å². The summed E-state index contributed by atoms with van der Waals surface area (Å²) in [6.45, 7) is 2.70. The quantitative estimate of drug-likeness (QED) is 0.478. The van der Waals surface area contributed by atoms with Gasteiger partial charge in [0.15, 0.2) is 0 Å². The van der Waals surface area contributed by atoms with Gasteiger partial charge in [0.1, 0.15) is 0 Å². The lowest BCUT2D eigenvalue weighted by atomic mass is 10.1. The van der Waals surface area contributed by atoms with Gasteiger partial charge < -0.3 is 10.1 Å². The van der Waals surface area contributed by atoms with Gasteiger partial charge >= 0.3 is 0 Å². The zero-order valence-corrected chi connectivity index (χ0v) is 11.2. The van der Waals surface area contributed by atoms with Crippen molar-refractivity contribution < 1.29 is 9.53 Å². The molecule has 0 aromatic heterocycles. The van der Waals surface area contributed by atoms with E-state index in [9.17, 15) is 4.79 Å². The van der Waals surface area contributed by atoms with E-state index < -0.39 is 0 Å². The maximum Gasteiger partial charge on any atom is 0.220 e. The maximum atomic E-state index is 11.6. The van der Waals surface area contributed by atoms with Crippen LogP contribution in [0.5, 0.6) is 0 Å². The van der Waals surface area contributed by atoms with Gasteiger partial charge in [-0.15, -0.1) is 11.6 Å². The second kappa shape index (κ2) is 11.2. The molecule has 0 fully saturated rings. The smallest absolute Gasteiger partial charge is 0.220 e. The molecule has 0 rings (SSSR count). The number of alkyl halides is 1. The molecule has 0 spiro atoms. The minimum Gasteiger partial charge on any atom is -0.383 e. The number of hydrogen-bond acceptors (Lipinski definition) is 2. The zero-order chi connectivity index (χ0) is 12.2. The Hall–Kier alpha value is -0.280. The molecule has 4 heteroatoms. The first-order valence-corrected chi connectivity index (χ1v) is 6.62. The number of carbonyl (C=O) groups excluding carboxylic acids is 1. The number of hydrogen-bond donors (Lipinski definition) is 1. The summed E-state index contributed by atoms with van der Waals surface area (Å²) in [7, 11) is 1.63. The van der Waals surface area contributed by atoms with Crippen LogP contribution in [0.1, 0.15) is 45.4 Å². The molecule has 0 aliphatic carbocycles. The monoisotopic (exact) mass is 249 g/mol. The van der Waals surface area contributed by atoms with E-state index in [1.165, 1.54) is 12.8 Å². The Bertz CT molecular complexity index is 170. The fourth-order valence-corrected chi connectivity index (χ4v) is 1.81. The average molecular weight is 250 g/mol. The first kappa shape index (κ1) is 15.7. The Balaban J connectivity index is 3.63. The number of nitrogens with one attached hydrogen (secondary N) is 1. The molecule has 1 unspecified atom stereocenters. The Morgan fingerprint density at radius 2 is 2.12 bits per heavy atom. The largest absolute Gasteiger partial charge is 0.383 e. The van der Waals surface area contributed by atoms with Crippen molar-refractivity contribution >= 4 is 17.5 Å². The van der Waals surface area contributed by atoms with Crippen LogP contribution >= 0.6 is 11.6 Å². The standard InChI is InChI=1S/C12H24ClNO2/c1-3-4-5-6-7-12(15)14-11(8-9-13)10-16-2/h11H,3-10H2,1-2H3,(H,14,15). The van der Waals surface area contributed by atoms with Crippen LogP contribution in [-0.4, -0.2) is 31.5 Å². The fourth-order valence-electron chi connectivity index (χ4n) is 1.54. The Morgan fingerprint density at radius 3 is 2.69 bits per heavy atom. The van der Waals surface area contributed by atoms with Crippen molar-refractivity contribution in [3.63, 3.8) is 0 Å². The average Bonchev–Trinajstić information content (AvgIpc) is 2.25. The molecule has 0 bridgehead atoms. The van der Waals surface area contributed by atoms with Crippen molar-refractivity contribution in [2.45, 2.75) is 51.5 Å². The summed E-state index contributed by atoms with van der Waals surface area (Å²) in [5.74, 6) is 0.660. The molecule has 1 N–H and O–H groups in total. The van der Waals surface area contributed by atoms with Gasteiger partial charge in [-0.05, 0) is 12.8 Å². The van der Waals surface area contributed by atoms with Gasteiger partial charge in [0.25, 0.3) is 0 Å². The predicted molar refractivity (Wildman–Crippen MR) is 67.9 cm³/mol. The Kier molecular flexibility index (Phi) is 11.0. The van der Waals surface area contributed by atoms with Crippen LogP contribution in [0.4, 0.5) is 0 Å². The molecule has 3 nitrogen and oxygen atoms in total.